The quantitative estimate of drug-likeness (QED) is 0.828. The van der Waals surface area contributed by atoms with E-state index >= 15 is 0 Å². The molecule has 3 heteroatoms. The van der Waals surface area contributed by atoms with Crippen molar-refractivity contribution in [2.45, 2.75) is 39.9 Å². The van der Waals surface area contributed by atoms with E-state index < -0.39 is 12.2 Å². The van der Waals surface area contributed by atoms with Gasteiger partial charge < -0.3 is 14.9 Å². The van der Waals surface area contributed by atoms with Crippen LogP contribution in [0.1, 0.15) is 38.0 Å². The highest BCUT2D eigenvalue weighted by Crippen LogP contribution is 2.23. The monoisotopic (exact) mass is 238 g/mol. The number of ether oxygens (including phenoxy) is 1. The molecule has 96 valence electrons. The molecule has 1 rings (SSSR count). The maximum atomic E-state index is 9.66. The van der Waals surface area contributed by atoms with E-state index in [9.17, 15) is 10.2 Å². The Balaban J connectivity index is 2.67. The summed E-state index contributed by atoms with van der Waals surface area (Å²) in [6.45, 7) is 7.88. The van der Waals surface area contributed by atoms with E-state index in [0.717, 1.165) is 16.9 Å². The zero-order valence-corrected chi connectivity index (χ0v) is 11.0. The predicted octanol–water partition coefficient (Wildman–Crippen LogP) is 2.44. The van der Waals surface area contributed by atoms with E-state index in [4.69, 9.17) is 4.74 Å². The van der Waals surface area contributed by atoms with E-state index in [1.807, 2.05) is 39.0 Å². The molecule has 0 bridgehead atoms. The normalized spacial score (nSPS) is 14.8. The Kier molecular flexibility index (Phi) is 4.97. The summed E-state index contributed by atoms with van der Waals surface area (Å²) in [5, 5.41) is 19.1. The van der Waals surface area contributed by atoms with Crippen LogP contribution >= 0.6 is 0 Å². The Morgan fingerprint density at radius 3 is 2.29 bits per heavy atom. The van der Waals surface area contributed by atoms with Gasteiger partial charge in [-0.2, -0.15) is 0 Å². The highest BCUT2D eigenvalue weighted by molar-refractivity contribution is 5.36. The summed E-state index contributed by atoms with van der Waals surface area (Å²) in [4.78, 5) is 0. The number of hydrogen-bond acceptors (Lipinski definition) is 3. The summed E-state index contributed by atoms with van der Waals surface area (Å²) < 4.78 is 5.56. The number of aryl methyl sites for hydroxylation is 1. The Labute approximate surface area is 103 Å². The Morgan fingerprint density at radius 1 is 1.18 bits per heavy atom. The molecule has 0 aliphatic rings. The highest BCUT2D eigenvalue weighted by Gasteiger charge is 2.11. The second kappa shape index (κ2) is 6.03. The summed E-state index contributed by atoms with van der Waals surface area (Å²) >= 11 is 0. The van der Waals surface area contributed by atoms with E-state index in [-0.39, 0.29) is 5.92 Å². The molecule has 0 heterocycles. The molecule has 0 aromatic heterocycles. The van der Waals surface area contributed by atoms with E-state index in [1.165, 1.54) is 0 Å². The van der Waals surface area contributed by atoms with Crippen molar-refractivity contribution in [2.75, 3.05) is 6.61 Å². The van der Waals surface area contributed by atoms with Crippen LogP contribution in [0.4, 0.5) is 0 Å². The lowest BCUT2D eigenvalue weighted by Crippen LogP contribution is -2.23. The summed E-state index contributed by atoms with van der Waals surface area (Å²) in [5.74, 6) is 0.946. The molecule has 0 aliphatic carbocycles. The van der Waals surface area contributed by atoms with Crippen molar-refractivity contribution in [3.8, 4) is 5.75 Å². The van der Waals surface area contributed by atoms with Gasteiger partial charge in [0.15, 0.2) is 0 Å². The standard InChI is InChI=1S/C14H22O3/c1-9(2)13(16)8-17-14-6-5-12(11(4)15)7-10(14)3/h5-7,9,11,13,15-16H,8H2,1-4H3/t11-,13?/m0/s1. The number of hydrogen-bond donors (Lipinski definition) is 2. The highest BCUT2D eigenvalue weighted by atomic mass is 16.5. The molecular weight excluding hydrogens is 216 g/mol. The molecule has 0 fully saturated rings. The Hall–Kier alpha value is -1.06. The molecule has 0 amide bonds. The van der Waals surface area contributed by atoms with Crippen LogP contribution in [-0.2, 0) is 0 Å². The molecule has 17 heavy (non-hydrogen) atoms. The van der Waals surface area contributed by atoms with Crippen LogP contribution in [-0.4, -0.2) is 22.9 Å². The van der Waals surface area contributed by atoms with Crippen molar-refractivity contribution in [2.24, 2.45) is 5.92 Å². The lowest BCUT2D eigenvalue weighted by Gasteiger charge is -2.17. The van der Waals surface area contributed by atoms with E-state index in [1.54, 1.807) is 6.92 Å². The van der Waals surface area contributed by atoms with Gasteiger partial charge in [-0.25, -0.2) is 0 Å². The Bertz CT molecular complexity index is 358. The van der Waals surface area contributed by atoms with Gasteiger partial charge >= 0.3 is 0 Å². The molecule has 0 aliphatic heterocycles. The lowest BCUT2D eigenvalue weighted by atomic mass is 10.1. The van der Waals surface area contributed by atoms with Gasteiger partial charge in [-0.1, -0.05) is 19.9 Å². The van der Waals surface area contributed by atoms with E-state index in [2.05, 4.69) is 0 Å². The van der Waals surface area contributed by atoms with Gasteiger partial charge in [-0.3, -0.25) is 0 Å². The van der Waals surface area contributed by atoms with E-state index in [0.29, 0.717) is 6.61 Å². The zero-order chi connectivity index (χ0) is 13.0. The van der Waals surface area contributed by atoms with Crippen molar-refractivity contribution >= 4 is 0 Å². The number of aliphatic hydroxyl groups is 2. The minimum atomic E-state index is -0.469. The first kappa shape index (κ1) is 14.0. The molecular formula is C14H22O3. The smallest absolute Gasteiger partial charge is 0.122 e. The zero-order valence-electron chi connectivity index (χ0n) is 11.0. The Morgan fingerprint density at radius 2 is 1.82 bits per heavy atom. The molecule has 0 spiro atoms. The SMILES string of the molecule is Cc1cc([C@H](C)O)ccc1OCC(O)C(C)C. The van der Waals surface area contributed by atoms with Crippen LogP contribution in [0.2, 0.25) is 0 Å². The summed E-state index contributed by atoms with van der Waals surface area (Å²) in [7, 11) is 0. The molecule has 0 saturated carbocycles. The fourth-order valence-corrected chi connectivity index (χ4v) is 1.46. The number of benzene rings is 1. The molecule has 0 radical (unpaired) electrons. The van der Waals surface area contributed by atoms with Crippen LogP contribution in [0.15, 0.2) is 18.2 Å². The first-order valence-electron chi connectivity index (χ1n) is 6.01. The maximum absolute atomic E-state index is 9.66. The van der Waals surface area contributed by atoms with Crippen LogP contribution in [0.3, 0.4) is 0 Å². The third-order valence-electron chi connectivity index (χ3n) is 2.86. The summed E-state index contributed by atoms with van der Waals surface area (Å²) in [5.41, 5.74) is 1.85. The van der Waals surface area contributed by atoms with Gasteiger partial charge in [0.25, 0.3) is 0 Å². The van der Waals surface area contributed by atoms with Crippen LogP contribution in [0.5, 0.6) is 5.75 Å². The largest absolute Gasteiger partial charge is 0.491 e. The second-order valence-corrected chi connectivity index (χ2v) is 4.82. The van der Waals surface area contributed by atoms with Crippen LogP contribution in [0, 0.1) is 12.8 Å². The predicted molar refractivity (Wildman–Crippen MR) is 68.2 cm³/mol. The van der Waals surface area contributed by atoms with Crippen LogP contribution < -0.4 is 4.74 Å². The van der Waals surface area contributed by atoms with Gasteiger partial charge in [0.2, 0.25) is 0 Å². The topological polar surface area (TPSA) is 49.7 Å². The minimum absolute atomic E-state index is 0.187. The van der Waals surface area contributed by atoms with Crippen molar-refractivity contribution in [3.05, 3.63) is 29.3 Å². The molecule has 1 aromatic rings. The number of aliphatic hydroxyl groups excluding tert-OH is 2. The van der Waals surface area contributed by atoms with Crippen LogP contribution in [0.25, 0.3) is 0 Å². The molecule has 1 aromatic carbocycles. The third kappa shape index (κ3) is 4.02. The molecule has 2 atom stereocenters. The fourth-order valence-electron chi connectivity index (χ4n) is 1.46. The average Bonchev–Trinajstić information content (AvgIpc) is 2.26. The maximum Gasteiger partial charge on any atom is 0.122 e. The van der Waals surface area contributed by atoms with Gasteiger partial charge in [0, 0.05) is 0 Å². The van der Waals surface area contributed by atoms with Gasteiger partial charge in [0.1, 0.15) is 12.4 Å². The molecule has 2 N–H and O–H groups in total. The fraction of sp³-hybridized carbons (Fsp3) is 0.571. The minimum Gasteiger partial charge on any atom is -0.491 e. The first-order valence-corrected chi connectivity index (χ1v) is 6.01. The van der Waals surface area contributed by atoms with Gasteiger partial charge in [-0.05, 0) is 43.0 Å². The molecule has 3 nitrogen and oxygen atoms in total. The average molecular weight is 238 g/mol. The third-order valence-corrected chi connectivity index (χ3v) is 2.86. The van der Waals surface area contributed by atoms with Crippen molar-refractivity contribution < 1.29 is 14.9 Å². The molecule has 0 saturated heterocycles. The lowest BCUT2D eigenvalue weighted by molar-refractivity contribution is 0.0698. The van der Waals surface area contributed by atoms with Gasteiger partial charge in [-0.15, -0.1) is 0 Å². The summed E-state index contributed by atoms with van der Waals surface area (Å²) in [6, 6.07) is 5.58. The van der Waals surface area contributed by atoms with Crippen molar-refractivity contribution in [1.29, 1.82) is 0 Å². The van der Waals surface area contributed by atoms with Gasteiger partial charge in [0.05, 0.1) is 12.2 Å². The molecule has 1 unspecified atom stereocenters. The van der Waals surface area contributed by atoms with Crippen molar-refractivity contribution in [1.82, 2.24) is 0 Å². The summed E-state index contributed by atoms with van der Waals surface area (Å²) in [6.07, 6.45) is -0.921. The van der Waals surface area contributed by atoms with Crippen molar-refractivity contribution in [3.63, 3.8) is 0 Å². The number of rotatable bonds is 5. The second-order valence-electron chi connectivity index (χ2n) is 4.82. The first-order chi connectivity index (χ1) is 7.91.